The van der Waals surface area contributed by atoms with E-state index in [0.29, 0.717) is 24.2 Å². The molecular formula is C18H33NO2. The molecule has 2 aliphatic rings. The fraction of sp³-hybridized carbons (Fsp3) is 0.944. The van der Waals surface area contributed by atoms with Gasteiger partial charge in [-0.1, -0.05) is 46.5 Å². The molecule has 3 heteroatoms. The van der Waals surface area contributed by atoms with Crippen LogP contribution < -0.4 is 5.73 Å². The minimum absolute atomic E-state index is 0.0656. The first-order valence-electron chi connectivity index (χ1n) is 8.88. The highest BCUT2D eigenvalue weighted by molar-refractivity contribution is 5.71. The van der Waals surface area contributed by atoms with E-state index >= 15 is 0 Å². The summed E-state index contributed by atoms with van der Waals surface area (Å²) >= 11 is 0. The second-order valence-electron chi connectivity index (χ2n) is 7.95. The van der Waals surface area contributed by atoms with Crippen LogP contribution in [0.15, 0.2) is 0 Å². The minimum Gasteiger partial charge on any atom is -0.462 e. The Bertz CT molecular complexity index is 347. The van der Waals surface area contributed by atoms with Crippen molar-refractivity contribution in [3.63, 3.8) is 0 Å². The highest BCUT2D eigenvalue weighted by atomic mass is 16.5. The van der Waals surface area contributed by atoms with E-state index in [1.807, 2.05) is 0 Å². The first-order chi connectivity index (χ1) is 9.89. The van der Waals surface area contributed by atoms with Crippen molar-refractivity contribution in [2.75, 3.05) is 0 Å². The van der Waals surface area contributed by atoms with Gasteiger partial charge in [-0.2, -0.15) is 0 Å². The Kier molecular flexibility index (Phi) is 5.70. The van der Waals surface area contributed by atoms with Crippen molar-refractivity contribution in [2.24, 2.45) is 23.5 Å². The summed E-state index contributed by atoms with van der Waals surface area (Å²) in [6.45, 7) is 6.75. The fourth-order valence-electron chi connectivity index (χ4n) is 4.18. The van der Waals surface area contributed by atoms with Gasteiger partial charge in [0, 0.05) is 5.54 Å². The van der Waals surface area contributed by atoms with E-state index in [-0.39, 0.29) is 17.6 Å². The van der Waals surface area contributed by atoms with Crippen molar-refractivity contribution >= 4 is 5.97 Å². The van der Waals surface area contributed by atoms with E-state index in [2.05, 4.69) is 20.8 Å². The second-order valence-corrected chi connectivity index (χ2v) is 7.95. The van der Waals surface area contributed by atoms with Crippen LogP contribution in [0.2, 0.25) is 0 Å². The molecule has 0 heterocycles. The van der Waals surface area contributed by atoms with Gasteiger partial charge in [0.2, 0.25) is 0 Å². The van der Waals surface area contributed by atoms with E-state index in [1.165, 1.54) is 19.3 Å². The van der Waals surface area contributed by atoms with Crippen LogP contribution in [0.3, 0.4) is 0 Å². The normalized spacial score (nSPS) is 32.9. The van der Waals surface area contributed by atoms with Gasteiger partial charge in [-0.15, -0.1) is 0 Å². The van der Waals surface area contributed by atoms with Crippen molar-refractivity contribution in [3.05, 3.63) is 0 Å². The van der Waals surface area contributed by atoms with Gasteiger partial charge in [-0.05, 0) is 43.4 Å². The number of carbonyl (C=O) groups excluding carboxylic acids is 1. The molecule has 3 atom stereocenters. The zero-order chi connectivity index (χ0) is 15.5. The maximum absolute atomic E-state index is 12.4. The number of hydrogen-bond acceptors (Lipinski definition) is 3. The number of rotatable bonds is 4. The van der Waals surface area contributed by atoms with Gasteiger partial charge in [-0.25, -0.2) is 0 Å². The summed E-state index contributed by atoms with van der Waals surface area (Å²) in [4.78, 5) is 12.4. The zero-order valence-electron chi connectivity index (χ0n) is 14.1. The fourth-order valence-corrected chi connectivity index (χ4v) is 4.18. The average Bonchev–Trinajstić information content (AvgIpc) is 2.38. The van der Waals surface area contributed by atoms with Gasteiger partial charge < -0.3 is 10.5 Å². The van der Waals surface area contributed by atoms with Crippen LogP contribution in [0.1, 0.15) is 78.6 Å². The predicted molar refractivity (Wildman–Crippen MR) is 85.8 cm³/mol. The topological polar surface area (TPSA) is 52.3 Å². The van der Waals surface area contributed by atoms with Crippen LogP contribution in [0.4, 0.5) is 0 Å². The number of carbonyl (C=O) groups is 1. The van der Waals surface area contributed by atoms with Crippen molar-refractivity contribution in [1.29, 1.82) is 0 Å². The van der Waals surface area contributed by atoms with E-state index < -0.39 is 0 Å². The zero-order valence-corrected chi connectivity index (χ0v) is 14.1. The molecule has 3 unspecified atom stereocenters. The minimum atomic E-state index is -0.303. The lowest BCUT2D eigenvalue weighted by Crippen LogP contribution is -2.45. The molecule has 0 saturated heterocycles. The molecule has 2 rings (SSSR count). The summed E-state index contributed by atoms with van der Waals surface area (Å²) < 4.78 is 5.88. The summed E-state index contributed by atoms with van der Waals surface area (Å²) in [5.41, 5.74) is 6.08. The quantitative estimate of drug-likeness (QED) is 0.796. The predicted octanol–water partition coefficient (Wildman–Crippen LogP) is 4.04. The van der Waals surface area contributed by atoms with Crippen LogP contribution in [-0.4, -0.2) is 17.6 Å². The molecule has 0 bridgehead atoms. The second kappa shape index (κ2) is 7.13. The summed E-state index contributed by atoms with van der Waals surface area (Å²) in [7, 11) is 0. The number of nitrogens with two attached hydrogens (primary N) is 1. The largest absolute Gasteiger partial charge is 0.462 e. The molecule has 0 amide bonds. The monoisotopic (exact) mass is 295 g/mol. The van der Waals surface area contributed by atoms with Crippen LogP contribution in [0.5, 0.6) is 0 Å². The third-order valence-corrected chi connectivity index (χ3v) is 5.59. The lowest BCUT2D eigenvalue weighted by atomic mass is 9.75. The number of esters is 1. The van der Waals surface area contributed by atoms with Crippen LogP contribution in [0, 0.1) is 17.8 Å². The third-order valence-electron chi connectivity index (χ3n) is 5.59. The van der Waals surface area contributed by atoms with Gasteiger partial charge in [-0.3, -0.25) is 4.79 Å². The SMILES string of the molecule is CC1CCC(C(C)C)C(OC(=O)CC2(N)CCCCC2)C1. The molecule has 2 N–H and O–H groups in total. The molecular weight excluding hydrogens is 262 g/mol. The number of hydrogen-bond donors (Lipinski definition) is 1. The Morgan fingerprint density at radius 1 is 1.24 bits per heavy atom. The van der Waals surface area contributed by atoms with E-state index in [4.69, 9.17) is 10.5 Å². The highest BCUT2D eigenvalue weighted by Crippen LogP contribution is 2.36. The van der Waals surface area contributed by atoms with Gasteiger partial charge in [0.05, 0.1) is 6.42 Å². The molecule has 0 spiro atoms. The Morgan fingerprint density at radius 3 is 2.52 bits per heavy atom. The molecule has 2 fully saturated rings. The first-order valence-corrected chi connectivity index (χ1v) is 8.88. The van der Waals surface area contributed by atoms with Crippen molar-refractivity contribution in [1.82, 2.24) is 0 Å². The van der Waals surface area contributed by atoms with Gasteiger partial charge in [0.1, 0.15) is 6.10 Å². The van der Waals surface area contributed by atoms with Crippen LogP contribution in [-0.2, 0) is 9.53 Å². The maximum Gasteiger partial charge on any atom is 0.307 e. The Labute approximate surface area is 130 Å². The van der Waals surface area contributed by atoms with E-state index in [9.17, 15) is 4.79 Å². The summed E-state index contributed by atoms with van der Waals surface area (Å²) in [6, 6.07) is 0. The smallest absolute Gasteiger partial charge is 0.307 e. The van der Waals surface area contributed by atoms with Gasteiger partial charge in [0.15, 0.2) is 0 Å². The molecule has 0 aromatic heterocycles. The Balaban J connectivity index is 1.90. The van der Waals surface area contributed by atoms with Crippen molar-refractivity contribution in [2.45, 2.75) is 90.2 Å². The van der Waals surface area contributed by atoms with Gasteiger partial charge in [0.25, 0.3) is 0 Å². The molecule has 3 nitrogen and oxygen atoms in total. The first kappa shape index (κ1) is 16.8. The van der Waals surface area contributed by atoms with Crippen molar-refractivity contribution < 1.29 is 9.53 Å². The van der Waals surface area contributed by atoms with E-state index in [0.717, 1.165) is 32.1 Å². The molecule has 21 heavy (non-hydrogen) atoms. The molecule has 0 aromatic rings. The van der Waals surface area contributed by atoms with E-state index in [1.54, 1.807) is 0 Å². The third kappa shape index (κ3) is 4.70. The molecule has 122 valence electrons. The van der Waals surface area contributed by atoms with Gasteiger partial charge >= 0.3 is 5.97 Å². The molecule has 2 aliphatic carbocycles. The Hall–Kier alpha value is -0.570. The summed E-state index contributed by atoms with van der Waals surface area (Å²) in [5.74, 6) is 1.70. The lowest BCUT2D eigenvalue weighted by molar-refractivity contribution is -0.157. The standard InChI is InChI=1S/C18H33NO2/c1-13(2)15-8-7-14(3)11-16(15)21-17(20)12-18(19)9-5-4-6-10-18/h13-16H,4-12,19H2,1-3H3. The summed E-state index contributed by atoms with van der Waals surface area (Å²) in [5, 5.41) is 0. The van der Waals surface area contributed by atoms with Crippen LogP contribution >= 0.6 is 0 Å². The molecule has 0 aliphatic heterocycles. The lowest BCUT2D eigenvalue weighted by Gasteiger charge is -2.38. The molecule has 2 saturated carbocycles. The van der Waals surface area contributed by atoms with Crippen LogP contribution in [0.25, 0.3) is 0 Å². The number of ether oxygens (including phenoxy) is 1. The highest BCUT2D eigenvalue weighted by Gasteiger charge is 2.36. The molecule has 0 radical (unpaired) electrons. The summed E-state index contributed by atoms with van der Waals surface area (Å²) in [6.07, 6.45) is 9.47. The Morgan fingerprint density at radius 2 is 1.90 bits per heavy atom. The maximum atomic E-state index is 12.4. The molecule has 0 aromatic carbocycles. The average molecular weight is 295 g/mol. The van der Waals surface area contributed by atoms with Crippen molar-refractivity contribution in [3.8, 4) is 0 Å².